The summed E-state index contributed by atoms with van der Waals surface area (Å²) in [5, 5.41) is 6.10. The molecule has 0 radical (unpaired) electrons. The Kier molecular flexibility index (Phi) is 9.24. The van der Waals surface area contributed by atoms with Gasteiger partial charge in [0, 0.05) is 32.4 Å². The normalized spacial score (nSPS) is 16.1. The van der Waals surface area contributed by atoms with Gasteiger partial charge in [0.2, 0.25) is 0 Å². The van der Waals surface area contributed by atoms with E-state index < -0.39 is 6.09 Å². The van der Waals surface area contributed by atoms with Crippen LogP contribution in [0, 0.1) is 5.92 Å². The van der Waals surface area contributed by atoms with Gasteiger partial charge in [-0.1, -0.05) is 42.5 Å². The van der Waals surface area contributed by atoms with Crippen molar-refractivity contribution in [2.75, 3.05) is 32.6 Å². The number of ether oxygens (including phenoxy) is 1. The molecule has 1 aliphatic heterocycles. The third-order valence-corrected chi connectivity index (χ3v) is 5.00. The minimum atomic E-state index is -0.467. The fourth-order valence-electron chi connectivity index (χ4n) is 3.53. The highest BCUT2D eigenvalue weighted by atomic mass is 127. The minimum Gasteiger partial charge on any atom is -0.453 e. The standard InChI is InChI=1S/C22H28N4O2.HI/c1-23-21(24-15-18-8-10-20(11-9-18)25-22(27)28-2)26-13-12-19(16-26)14-17-6-4-3-5-7-17;/h3-11,19H,12-16H2,1-2H3,(H,23,24)(H,25,27);1H. The molecule has 6 nitrogen and oxygen atoms in total. The number of guanidine groups is 1. The Hall–Kier alpha value is -2.29. The third-order valence-electron chi connectivity index (χ3n) is 5.00. The molecule has 1 aliphatic rings. The van der Waals surface area contributed by atoms with Crippen molar-refractivity contribution in [1.82, 2.24) is 10.2 Å². The van der Waals surface area contributed by atoms with E-state index in [2.05, 4.69) is 55.6 Å². The van der Waals surface area contributed by atoms with Crippen molar-refractivity contribution in [3.63, 3.8) is 0 Å². The first-order valence-corrected chi connectivity index (χ1v) is 9.61. The zero-order valence-electron chi connectivity index (χ0n) is 16.9. The molecule has 0 bridgehead atoms. The van der Waals surface area contributed by atoms with Gasteiger partial charge >= 0.3 is 6.09 Å². The summed E-state index contributed by atoms with van der Waals surface area (Å²) in [5.41, 5.74) is 3.23. The Morgan fingerprint density at radius 2 is 1.86 bits per heavy atom. The number of halogens is 1. The number of carbonyl (C=O) groups excluding carboxylic acids is 1. The van der Waals surface area contributed by atoms with Crippen molar-refractivity contribution >= 4 is 41.7 Å². The largest absolute Gasteiger partial charge is 0.453 e. The first-order chi connectivity index (χ1) is 13.7. The summed E-state index contributed by atoms with van der Waals surface area (Å²) in [6, 6.07) is 18.4. The van der Waals surface area contributed by atoms with Crippen LogP contribution < -0.4 is 10.6 Å². The maximum atomic E-state index is 11.2. The zero-order valence-corrected chi connectivity index (χ0v) is 19.3. The van der Waals surface area contributed by atoms with Crippen LogP contribution in [-0.4, -0.2) is 44.2 Å². The lowest BCUT2D eigenvalue weighted by Gasteiger charge is -2.22. The molecule has 0 spiro atoms. The number of hydrogen-bond donors (Lipinski definition) is 2. The lowest BCUT2D eigenvalue weighted by Crippen LogP contribution is -2.39. The molecule has 0 aromatic heterocycles. The van der Waals surface area contributed by atoms with Crippen LogP contribution in [0.5, 0.6) is 0 Å². The average Bonchev–Trinajstić information content (AvgIpc) is 3.18. The van der Waals surface area contributed by atoms with Crippen molar-refractivity contribution in [3.05, 3.63) is 65.7 Å². The predicted octanol–water partition coefficient (Wildman–Crippen LogP) is 4.12. The molecular formula is C22H29IN4O2. The maximum Gasteiger partial charge on any atom is 0.411 e. The van der Waals surface area contributed by atoms with Gasteiger partial charge in [-0.2, -0.15) is 0 Å². The third kappa shape index (κ3) is 6.92. The number of amides is 1. The number of rotatable bonds is 5. The number of nitrogens with zero attached hydrogens (tertiary/aromatic N) is 2. The number of benzene rings is 2. The molecule has 1 heterocycles. The van der Waals surface area contributed by atoms with E-state index in [1.807, 2.05) is 31.3 Å². The van der Waals surface area contributed by atoms with Gasteiger partial charge in [-0.15, -0.1) is 24.0 Å². The van der Waals surface area contributed by atoms with Crippen LogP contribution in [-0.2, 0) is 17.7 Å². The molecule has 156 valence electrons. The minimum absolute atomic E-state index is 0. The van der Waals surface area contributed by atoms with E-state index in [9.17, 15) is 4.79 Å². The molecule has 0 saturated carbocycles. The number of methoxy groups -OCH3 is 1. The van der Waals surface area contributed by atoms with Gasteiger partial charge in [-0.05, 0) is 42.0 Å². The summed E-state index contributed by atoms with van der Waals surface area (Å²) < 4.78 is 4.60. The number of anilines is 1. The number of hydrogen-bond acceptors (Lipinski definition) is 3. The van der Waals surface area contributed by atoms with E-state index in [4.69, 9.17) is 0 Å². The lowest BCUT2D eigenvalue weighted by molar-refractivity contribution is 0.187. The molecule has 3 rings (SSSR count). The fourth-order valence-corrected chi connectivity index (χ4v) is 3.53. The van der Waals surface area contributed by atoms with Crippen LogP contribution in [0.3, 0.4) is 0 Å². The van der Waals surface area contributed by atoms with E-state index in [1.165, 1.54) is 19.1 Å². The Morgan fingerprint density at radius 3 is 2.52 bits per heavy atom. The Bertz CT molecular complexity index is 796. The van der Waals surface area contributed by atoms with Crippen LogP contribution in [0.1, 0.15) is 17.5 Å². The smallest absolute Gasteiger partial charge is 0.411 e. The highest BCUT2D eigenvalue weighted by molar-refractivity contribution is 14.0. The summed E-state index contributed by atoms with van der Waals surface area (Å²) in [5.74, 6) is 1.59. The molecule has 2 N–H and O–H groups in total. The van der Waals surface area contributed by atoms with Gasteiger partial charge in [0.15, 0.2) is 5.96 Å². The molecule has 1 amide bonds. The van der Waals surface area contributed by atoms with Crippen molar-refractivity contribution in [2.24, 2.45) is 10.9 Å². The van der Waals surface area contributed by atoms with Gasteiger partial charge < -0.3 is 15.0 Å². The Labute approximate surface area is 189 Å². The van der Waals surface area contributed by atoms with Crippen LogP contribution in [0.2, 0.25) is 0 Å². The predicted molar refractivity (Wildman–Crippen MR) is 128 cm³/mol. The van der Waals surface area contributed by atoms with E-state index in [0.29, 0.717) is 18.2 Å². The van der Waals surface area contributed by atoms with Crippen LogP contribution >= 0.6 is 24.0 Å². The quantitative estimate of drug-likeness (QED) is 0.363. The van der Waals surface area contributed by atoms with Gasteiger partial charge in [0.05, 0.1) is 7.11 Å². The fraction of sp³-hybridized carbons (Fsp3) is 0.364. The maximum absolute atomic E-state index is 11.2. The van der Waals surface area contributed by atoms with Crippen LogP contribution in [0.15, 0.2) is 59.6 Å². The van der Waals surface area contributed by atoms with Crippen molar-refractivity contribution in [3.8, 4) is 0 Å². The molecule has 1 saturated heterocycles. The topological polar surface area (TPSA) is 66.0 Å². The molecular weight excluding hydrogens is 479 g/mol. The van der Waals surface area contributed by atoms with Gasteiger partial charge in [-0.3, -0.25) is 10.3 Å². The second-order valence-electron chi connectivity index (χ2n) is 7.00. The summed E-state index contributed by atoms with van der Waals surface area (Å²) in [6.07, 6.45) is 1.83. The summed E-state index contributed by atoms with van der Waals surface area (Å²) >= 11 is 0. The average molecular weight is 508 g/mol. The van der Waals surface area contributed by atoms with E-state index in [0.717, 1.165) is 31.0 Å². The van der Waals surface area contributed by atoms with Gasteiger partial charge in [-0.25, -0.2) is 4.79 Å². The van der Waals surface area contributed by atoms with Gasteiger partial charge in [0.25, 0.3) is 0 Å². The number of aliphatic imine (C=N–C) groups is 1. The Morgan fingerprint density at radius 1 is 1.14 bits per heavy atom. The van der Waals surface area contributed by atoms with Crippen LogP contribution in [0.4, 0.5) is 10.5 Å². The van der Waals surface area contributed by atoms with Crippen molar-refractivity contribution < 1.29 is 9.53 Å². The molecule has 2 aromatic rings. The summed E-state index contributed by atoms with van der Waals surface area (Å²) in [4.78, 5) is 18.0. The van der Waals surface area contributed by atoms with Crippen LogP contribution in [0.25, 0.3) is 0 Å². The summed E-state index contributed by atoms with van der Waals surface area (Å²) in [7, 11) is 3.18. The number of nitrogens with one attached hydrogen (secondary N) is 2. The van der Waals surface area contributed by atoms with Gasteiger partial charge in [0.1, 0.15) is 0 Å². The first-order valence-electron chi connectivity index (χ1n) is 9.61. The molecule has 29 heavy (non-hydrogen) atoms. The van der Waals surface area contributed by atoms with E-state index in [1.54, 1.807) is 0 Å². The monoisotopic (exact) mass is 508 g/mol. The van der Waals surface area contributed by atoms with E-state index in [-0.39, 0.29) is 24.0 Å². The highest BCUT2D eigenvalue weighted by Gasteiger charge is 2.24. The molecule has 1 unspecified atom stereocenters. The number of carbonyl (C=O) groups is 1. The molecule has 0 aliphatic carbocycles. The second-order valence-corrected chi connectivity index (χ2v) is 7.00. The SMILES string of the molecule is CN=C(NCc1ccc(NC(=O)OC)cc1)N1CCC(Cc2ccccc2)C1.I. The highest BCUT2D eigenvalue weighted by Crippen LogP contribution is 2.21. The Balaban J connectivity index is 0.00000300. The van der Waals surface area contributed by atoms with Crippen molar-refractivity contribution in [1.29, 1.82) is 0 Å². The van der Waals surface area contributed by atoms with Crippen molar-refractivity contribution in [2.45, 2.75) is 19.4 Å². The molecule has 2 aromatic carbocycles. The number of likely N-dealkylation sites (tertiary alicyclic amines) is 1. The molecule has 7 heteroatoms. The first kappa shape index (κ1) is 23.0. The zero-order chi connectivity index (χ0) is 19.8. The van der Waals surface area contributed by atoms with E-state index >= 15 is 0 Å². The lowest BCUT2D eigenvalue weighted by atomic mass is 9.99. The second kappa shape index (κ2) is 11.6. The summed E-state index contributed by atoms with van der Waals surface area (Å²) in [6.45, 7) is 2.74. The molecule has 1 fully saturated rings. The molecule has 1 atom stereocenters.